The maximum atomic E-state index is 11.8. The zero-order chi connectivity index (χ0) is 15.9. The second-order valence-corrected chi connectivity index (χ2v) is 5.86. The van der Waals surface area contributed by atoms with E-state index < -0.39 is 0 Å². The van der Waals surface area contributed by atoms with Crippen LogP contribution in [0.4, 0.5) is 0 Å². The number of pyridine rings is 1. The molecule has 0 radical (unpaired) electrons. The Morgan fingerprint density at radius 3 is 2.52 bits per heavy atom. The van der Waals surface area contributed by atoms with Gasteiger partial charge in [0.2, 0.25) is 0 Å². The molecule has 0 amide bonds. The van der Waals surface area contributed by atoms with Crippen molar-refractivity contribution in [2.24, 2.45) is 0 Å². The molecule has 0 aliphatic heterocycles. The number of nitrogens with zero attached hydrogens (tertiary/aromatic N) is 1. The maximum Gasteiger partial charge on any atom is 0.357 e. The SMILES string of the molecule is O=C(OCC=C1CCC(c2ccccc2)CC1)c1ccccn1. The van der Waals surface area contributed by atoms with Crippen molar-refractivity contribution in [3.8, 4) is 0 Å². The molecule has 1 heterocycles. The Labute approximate surface area is 137 Å². The molecule has 1 fully saturated rings. The average molecular weight is 307 g/mol. The van der Waals surface area contributed by atoms with Gasteiger partial charge in [0.1, 0.15) is 12.3 Å². The van der Waals surface area contributed by atoms with Crippen LogP contribution in [-0.4, -0.2) is 17.6 Å². The van der Waals surface area contributed by atoms with Crippen molar-refractivity contribution in [3.63, 3.8) is 0 Å². The van der Waals surface area contributed by atoms with E-state index in [4.69, 9.17) is 4.74 Å². The van der Waals surface area contributed by atoms with Crippen LogP contribution in [0.1, 0.15) is 47.7 Å². The average Bonchev–Trinajstić information content (AvgIpc) is 2.64. The van der Waals surface area contributed by atoms with Crippen LogP contribution in [0.25, 0.3) is 0 Å². The van der Waals surface area contributed by atoms with Crippen LogP contribution in [0, 0.1) is 0 Å². The van der Waals surface area contributed by atoms with Gasteiger partial charge in [0.15, 0.2) is 0 Å². The van der Waals surface area contributed by atoms with Gasteiger partial charge >= 0.3 is 5.97 Å². The zero-order valence-electron chi connectivity index (χ0n) is 13.2. The van der Waals surface area contributed by atoms with Crippen molar-refractivity contribution >= 4 is 5.97 Å². The van der Waals surface area contributed by atoms with Crippen LogP contribution in [0.5, 0.6) is 0 Å². The van der Waals surface area contributed by atoms with E-state index in [1.165, 1.54) is 24.0 Å². The minimum atomic E-state index is -0.361. The van der Waals surface area contributed by atoms with Crippen LogP contribution in [-0.2, 0) is 4.74 Å². The van der Waals surface area contributed by atoms with Crippen molar-refractivity contribution in [1.29, 1.82) is 0 Å². The summed E-state index contributed by atoms with van der Waals surface area (Å²) in [7, 11) is 0. The van der Waals surface area contributed by atoms with Crippen molar-refractivity contribution in [2.45, 2.75) is 31.6 Å². The monoisotopic (exact) mass is 307 g/mol. The molecule has 0 N–H and O–H groups in total. The van der Waals surface area contributed by atoms with Crippen molar-refractivity contribution in [3.05, 3.63) is 77.6 Å². The highest BCUT2D eigenvalue weighted by Gasteiger charge is 2.18. The molecule has 0 atom stereocenters. The molecule has 0 unspecified atom stereocenters. The number of hydrogen-bond acceptors (Lipinski definition) is 3. The first kappa shape index (κ1) is 15.5. The van der Waals surface area contributed by atoms with Crippen molar-refractivity contribution in [1.82, 2.24) is 4.98 Å². The predicted octanol–water partition coefficient (Wildman–Crippen LogP) is 4.52. The lowest BCUT2D eigenvalue weighted by molar-refractivity contribution is 0.0541. The molecule has 0 saturated heterocycles. The minimum Gasteiger partial charge on any atom is -0.457 e. The van der Waals surface area contributed by atoms with Gasteiger partial charge in [-0.15, -0.1) is 0 Å². The Bertz CT molecular complexity index is 655. The number of ether oxygens (including phenoxy) is 1. The Morgan fingerprint density at radius 2 is 1.83 bits per heavy atom. The standard InChI is InChI=1S/C20H21NO2/c22-20(19-8-4-5-14-21-19)23-15-13-16-9-11-18(12-10-16)17-6-2-1-3-7-17/h1-8,13-14,18H,9-12,15H2. The topological polar surface area (TPSA) is 39.2 Å². The summed E-state index contributed by atoms with van der Waals surface area (Å²) in [6.07, 6.45) is 8.16. The number of benzene rings is 1. The number of allylic oxidation sites excluding steroid dienone is 1. The molecule has 23 heavy (non-hydrogen) atoms. The van der Waals surface area contributed by atoms with E-state index in [9.17, 15) is 4.79 Å². The number of aromatic nitrogens is 1. The number of hydrogen-bond donors (Lipinski definition) is 0. The lowest BCUT2D eigenvalue weighted by Gasteiger charge is -2.24. The van der Waals surface area contributed by atoms with Crippen LogP contribution in [0.3, 0.4) is 0 Å². The van der Waals surface area contributed by atoms with Gasteiger partial charge in [-0.2, -0.15) is 0 Å². The minimum absolute atomic E-state index is 0.334. The summed E-state index contributed by atoms with van der Waals surface area (Å²) < 4.78 is 5.26. The van der Waals surface area contributed by atoms with Crippen LogP contribution in [0.15, 0.2) is 66.4 Å². The Hall–Kier alpha value is -2.42. The maximum absolute atomic E-state index is 11.8. The fraction of sp³-hybridized carbons (Fsp3) is 0.300. The van der Waals surface area contributed by atoms with E-state index in [0.717, 1.165) is 12.8 Å². The van der Waals surface area contributed by atoms with Gasteiger partial charge in [0.05, 0.1) is 0 Å². The quantitative estimate of drug-likeness (QED) is 0.615. The summed E-state index contributed by atoms with van der Waals surface area (Å²) in [6.45, 7) is 0.334. The molecule has 1 aromatic heterocycles. The molecular weight excluding hydrogens is 286 g/mol. The summed E-state index contributed by atoms with van der Waals surface area (Å²) in [5.41, 5.74) is 3.19. The molecule has 1 saturated carbocycles. The van der Waals surface area contributed by atoms with Gasteiger partial charge in [-0.25, -0.2) is 9.78 Å². The number of esters is 1. The summed E-state index contributed by atoms with van der Waals surface area (Å²) in [5, 5.41) is 0. The lowest BCUT2D eigenvalue weighted by atomic mass is 9.81. The van der Waals surface area contributed by atoms with Gasteiger partial charge in [-0.1, -0.05) is 42.0 Å². The molecule has 1 aliphatic rings. The van der Waals surface area contributed by atoms with E-state index in [1.807, 2.05) is 0 Å². The first-order chi connectivity index (χ1) is 11.3. The normalized spacial score (nSPS) is 17.6. The first-order valence-corrected chi connectivity index (χ1v) is 8.14. The molecule has 3 nitrogen and oxygen atoms in total. The molecule has 0 spiro atoms. The van der Waals surface area contributed by atoms with Crippen LogP contribution in [0.2, 0.25) is 0 Å². The number of carbonyl (C=O) groups is 1. The highest BCUT2D eigenvalue weighted by atomic mass is 16.5. The number of carbonyl (C=O) groups excluding carboxylic acids is 1. The van der Waals surface area contributed by atoms with E-state index in [1.54, 1.807) is 24.4 Å². The molecule has 1 aliphatic carbocycles. The van der Waals surface area contributed by atoms with E-state index in [0.29, 0.717) is 18.2 Å². The van der Waals surface area contributed by atoms with Crippen molar-refractivity contribution in [2.75, 3.05) is 6.61 Å². The molecule has 1 aromatic carbocycles. The lowest BCUT2D eigenvalue weighted by Crippen LogP contribution is -2.09. The largest absolute Gasteiger partial charge is 0.457 e. The highest BCUT2D eigenvalue weighted by molar-refractivity contribution is 5.87. The third-order valence-corrected chi connectivity index (χ3v) is 4.36. The van der Waals surface area contributed by atoms with Gasteiger partial charge in [-0.3, -0.25) is 0 Å². The fourth-order valence-corrected chi connectivity index (χ4v) is 3.04. The molecule has 0 bridgehead atoms. The predicted molar refractivity (Wildman–Crippen MR) is 90.3 cm³/mol. The summed E-state index contributed by atoms with van der Waals surface area (Å²) >= 11 is 0. The summed E-state index contributed by atoms with van der Waals surface area (Å²) in [6, 6.07) is 15.9. The summed E-state index contributed by atoms with van der Waals surface area (Å²) in [4.78, 5) is 15.8. The van der Waals surface area contributed by atoms with E-state index >= 15 is 0 Å². The molecule has 2 aromatic rings. The molecule has 3 heteroatoms. The smallest absolute Gasteiger partial charge is 0.357 e. The summed E-state index contributed by atoms with van der Waals surface area (Å²) in [5.74, 6) is 0.296. The molecule has 118 valence electrons. The zero-order valence-corrected chi connectivity index (χ0v) is 13.2. The Balaban J connectivity index is 1.46. The van der Waals surface area contributed by atoms with Gasteiger partial charge in [0.25, 0.3) is 0 Å². The van der Waals surface area contributed by atoms with Gasteiger partial charge in [-0.05, 0) is 55.4 Å². The molecule has 3 rings (SSSR count). The Morgan fingerprint density at radius 1 is 1.09 bits per heavy atom. The second-order valence-electron chi connectivity index (χ2n) is 5.86. The number of rotatable bonds is 4. The van der Waals surface area contributed by atoms with Gasteiger partial charge < -0.3 is 4.74 Å². The van der Waals surface area contributed by atoms with Crippen LogP contribution >= 0.6 is 0 Å². The van der Waals surface area contributed by atoms with Gasteiger partial charge in [0, 0.05) is 6.20 Å². The highest BCUT2D eigenvalue weighted by Crippen LogP contribution is 2.35. The molecular formula is C20H21NO2. The van der Waals surface area contributed by atoms with Crippen molar-refractivity contribution < 1.29 is 9.53 Å². The first-order valence-electron chi connectivity index (χ1n) is 8.14. The third kappa shape index (κ3) is 4.28. The Kier molecular flexibility index (Phi) is 5.20. The fourth-order valence-electron chi connectivity index (χ4n) is 3.04. The van der Waals surface area contributed by atoms with E-state index in [2.05, 4.69) is 41.4 Å². The third-order valence-electron chi connectivity index (χ3n) is 4.36. The van der Waals surface area contributed by atoms with Crippen LogP contribution < -0.4 is 0 Å². The second kappa shape index (κ2) is 7.73. The van der Waals surface area contributed by atoms with E-state index in [-0.39, 0.29) is 5.97 Å².